The highest BCUT2D eigenvalue weighted by Gasteiger charge is 2.23. The average Bonchev–Trinajstić information content (AvgIpc) is 2.36. The van der Waals surface area contributed by atoms with Crippen molar-refractivity contribution in [3.05, 3.63) is 23.8 Å². The fourth-order valence-electron chi connectivity index (χ4n) is 2.52. The summed E-state index contributed by atoms with van der Waals surface area (Å²) in [7, 11) is 1.65. The van der Waals surface area contributed by atoms with Crippen LogP contribution in [-0.2, 0) is 0 Å². The van der Waals surface area contributed by atoms with Crippen molar-refractivity contribution in [1.82, 2.24) is 5.32 Å². The summed E-state index contributed by atoms with van der Waals surface area (Å²) < 4.78 is 5.25. The minimum atomic E-state index is 0.423. The van der Waals surface area contributed by atoms with Gasteiger partial charge in [-0.3, -0.25) is 0 Å². The van der Waals surface area contributed by atoms with Crippen LogP contribution in [0, 0.1) is 11.3 Å². The highest BCUT2D eigenvalue weighted by molar-refractivity contribution is 5.62. The number of anilines is 1. The van der Waals surface area contributed by atoms with Crippen molar-refractivity contribution in [3.8, 4) is 11.8 Å². The average molecular weight is 245 g/mol. The maximum absolute atomic E-state index is 9.21. The lowest BCUT2D eigenvalue weighted by Crippen LogP contribution is -2.54. The van der Waals surface area contributed by atoms with Gasteiger partial charge in [-0.05, 0) is 26.0 Å². The van der Waals surface area contributed by atoms with E-state index >= 15 is 0 Å². The van der Waals surface area contributed by atoms with E-state index in [-0.39, 0.29) is 0 Å². The van der Waals surface area contributed by atoms with E-state index in [1.807, 2.05) is 18.2 Å². The molecule has 1 fully saturated rings. The summed E-state index contributed by atoms with van der Waals surface area (Å²) in [5.41, 5.74) is 1.68. The van der Waals surface area contributed by atoms with Crippen LogP contribution in [0.4, 0.5) is 5.69 Å². The third-order valence-corrected chi connectivity index (χ3v) is 3.22. The minimum Gasteiger partial charge on any atom is -0.497 e. The lowest BCUT2D eigenvalue weighted by atomic mass is 10.1. The monoisotopic (exact) mass is 245 g/mol. The number of piperazine rings is 1. The quantitative estimate of drug-likeness (QED) is 0.862. The topological polar surface area (TPSA) is 48.3 Å². The Morgan fingerprint density at radius 1 is 1.33 bits per heavy atom. The van der Waals surface area contributed by atoms with Gasteiger partial charge in [0.1, 0.15) is 11.8 Å². The van der Waals surface area contributed by atoms with Gasteiger partial charge >= 0.3 is 0 Å². The Labute approximate surface area is 108 Å². The number of methoxy groups -OCH3 is 1. The first-order chi connectivity index (χ1) is 8.63. The molecule has 1 aliphatic rings. The minimum absolute atomic E-state index is 0.423. The predicted molar refractivity (Wildman–Crippen MR) is 72.0 cm³/mol. The molecule has 1 saturated heterocycles. The molecule has 1 aromatic rings. The smallest absolute Gasteiger partial charge is 0.121 e. The molecule has 1 aliphatic heterocycles. The molecular formula is C14H19N3O. The molecule has 0 amide bonds. The highest BCUT2D eigenvalue weighted by atomic mass is 16.5. The molecule has 4 nitrogen and oxygen atoms in total. The van der Waals surface area contributed by atoms with Gasteiger partial charge in [0.05, 0.1) is 18.4 Å². The van der Waals surface area contributed by atoms with Gasteiger partial charge in [0.2, 0.25) is 0 Å². The first-order valence-corrected chi connectivity index (χ1v) is 6.23. The molecule has 2 rings (SSSR count). The lowest BCUT2D eigenvalue weighted by molar-refractivity contribution is 0.403. The maximum atomic E-state index is 9.21. The second kappa shape index (κ2) is 5.28. The zero-order valence-electron chi connectivity index (χ0n) is 11.1. The Morgan fingerprint density at radius 2 is 2.00 bits per heavy atom. The highest BCUT2D eigenvalue weighted by Crippen LogP contribution is 2.27. The molecule has 0 saturated carbocycles. The van der Waals surface area contributed by atoms with E-state index in [4.69, 9.17) is 4.74 Å². The number of hydrogen-bond acceptors (Lipinski definition) is 4. The van der Waals surface area contributed by atoms with Crippen LogP contribution in [0.15, 0.2) is 18.2 Å². The van der Waals surface area contributed by atoms with Gasteiger partial charge in [-0.25, -0.2) is 0 Å². The Bertz CT molecular complexity index is 457. The normalized spacial score (nSPS) is 23.6. The SMILES string of the molecule is COc1ccc(C#N)c(N2CC(C)NC(C)C2)c1. The van der Waals surface area contributed by atoms with Crippen LogP contribution in [0.2, 0.25) is 0 Å². The fraction of sp³-hybridized carbons (Fsp3) is 0.500. The molecule has 1 heterocycles. The first kappa shape index (κ1) is 12.7. The van der Waals surface area contributed by atoms with Crippen LogP contribution >= 0.6 is 0 Å². The molecule has 2 atom stereocenters. The zero-order chi connectivity index (χ0) is 13.1. The summed E-state index contributed by atoms with van der Waals surface area (Å²) in [5.74, 6) is 0.794. The number of benzene rings is 1. The van der Waals surface area contributed by atoms with E-state index in [1.54, 1.807) is 7.11 Å². The van der Waals surface area contributed by atoms with Crippen molar-refractivity contribution < 1.29 is 4.74 Å². The van der Waals surface area contributed by atoms with Crippen LogP contribution in [-0.4, -0.2) is 32.3 Å². The van der Waals surface area contributed by atoms with Crippen LogP contribution in [0.3, 0.4) is 0 Å². The zero-order valence-corrected chi connectivity index (χ0v) is 11.1. The summed E-state index contributed by atoms with van der Waals surface area (Å²) in [6, 6.07) is 8.70. The predicted octanol–water partition coefficient (Wildman–Crippen LogP) is 1.75. The lowest BCUT2D eigenvalue weighted by Gasteiger charge is -2.38. The van der Waals surface area contributed by atoms with E-state index in [0.29, 0.717) is 17.6 Å². The van der Waals surface area contributed by atoms with Crippen LogP contribution in [0.25, 0.3) is 0 Å². The van der Waals surface area contributed by atoms with Gasteiger partial charge in [-0.1, -0.05) is 0 Å². The molecule has 1 N–H and O–H groups in total. The summed E-state index contributed by atoms with van der Waals surface area (Å²) in [5, 5.41) is 12.7. The number of nitrogens with zero attached hydrogens (tertiary/aromatic N) is 2. The van der Waals surface area contributed by atoms with Crippen LogP contribution < -0.4 is 15.0 Å². The molecule has 96 valence electrons. The molecule has 2 unspecified atom stereocenters. The Kier molecular flexibility index (Phi) is 3.73. The molecule has 0 spiro atoms. The number of hydrogen-bond donors (Lipinski definition) is 1. The van der Waals surface area contributed by atoms with E-state index in [9.17, 15) is 5.26 Å². The van der Waals surface area contributed by atoms with Gasteiger partial charge < -0.3 is 15.0 Å². The third-order valence-electron chi connectivity index (χ3n) is 3.22. The molecule has 18 heavy (non-hydrogen) atoms. The number of ether oxygens (including phenoxy) is 1. The summed E-state index contributed by atoms with van der Waals surface area (Å²) in [6.07, 6.45) is 0. The molecule has 1 aromatic carbocycles. The van der Waals surface area contributed by atoms with Crippen molar-refractivity contribution in [2.45, 2.75) is 25.9 Å². The molecule has 0 radical (unpaired) electrons. The van der Waals surface area contributed by atoms with Gasteiger partial charge in [-0.2, -0.15) is 5.26 Å². The second-order valence-corrected chi connectivity index (χ2v) is 4.87. The number of nitriles is 1. The van der Waals surface area contributed by atoms with E-state index < -0.39 is 0 Å². The van der Waals surface area contributed by atoms with E-state index in [2.05, 4.69) is 30.1 Å². The third kappa shape index (κ3) is 2.57. The molecule has 4 heteroatoms. The van der Waals surface area contributed by atoms with Crippen molar-refractivity contribution in [2.24, 2.45) is 0 Å². The van der Waals surface area contributed by atoms with Gasteiger partial charge in [-0.15, -0.1) is 0 Å². The molecular weight excluding hydrogens is 226 g/mol. The first-order valence-electron chi connectivity index (χ1n) is 6.23. The molecule has 0 aromatic heterocycles. The Balaban J connectivity index is 2.33. The van der Waals surface area contributed by atoms with Gasteiger partial charge in [0.15, 0.2) is 0 Å². The summed E-state index contributed by atoms with van der Waals surface area (Å²) in [4.78, 5) is 2.26. The fourth-order valence-corrected chi connectivity index (χ4v) is 2.52. The maximum Gasteiger partial charge on any atom is 0.121 e. The van der Waals surface area contributed by atoms with Crippen molar-refractivity contribution in [1.29, 1.82) is 5.26 Å². The number of rotatable bonds is 2. The Morgan fingerprint density at radius 3 is 2.56 bits per heavy atom. The second-order valence-electron chi connectivity index (χ2n) is 4.87. The van der Waals surface area contributed by atoms with Crippen molar-refractivity contribution in [2.75, 3.05) is 25.1 Å². The Hall–Kier alpha value is -1.73. The standard InChI is InChI=1S/C14H19N3O/c1-10-8-17(9-11(2)16-10)14-6-13(18-3)5-4-12(14)7-15/h4-6,10-11,16H,8-9H2,1-3H3. The van der Waals surface area contributed by atoms with Crippen LogP contribution in [0.5, 0.6) is 5.75 Å². The van der Waals surface area contributed by atoms with Crippen LogP contribution in [0.1, 0.15) is 19.4 Å². The molecule has 0 aliphatic carbocycles. The van der Waals surface area contributed by atoms with E-state index in [1.165, 1.54) is 0 Å². The number of nitrogens with one attached hydrogen (secondary N) is 1. The summed E-state index contributed by atoms with van der Waals surface area (Å²) in [6.45, 7) is 6.14. The van der Waals surface area contributed by atoms with E-state index in [0.717, 1.165) is 24.5 Å². The van der Waals surface area contributed by atoms with Gasteiger partial charge in [0.25, 0.3) is 0 Å². The van der Waals surface area contributed by atoms with Crippen molar-refractivity contribution >= 4 is 5.69 Å². The van der Waals surface area contributed by atoms with Crippen molar-refractivity contribution in [3.63, 3.8) is 0 Å². The summed E-state index contributed by atoms with van der Waals surface area (Å²) >= 11 is 0. The molecule has 0 bridgehead atoms. The van der Waals surface area contributed by atoms with Gasteiger partial charge in [0, 0.05) is 31.2 Å². The largest absolute Gasteiger partial charge is 0.497 e.